The molecular weight excluding hydrogens is 226 g/mol. The molecule has 1 aliphatic rings. The molecule has 2 aromatic rings. The zero-order valence-electron chi connectivity index (χ0n) is 8.51. The van der Waals surface area contributed by atoms with Gasteiger partial charge in [-0.1, -0.05) is 11.6 Å². The summed E-state index contributed by atoms with van der Waals surface area (Å²) in [6.07, 6.45) is 2.22. The summed E-state index contributed by atoms with van der Waals surface area (Å²) in [5, 5.41) is 11.1. The first kappa shape index (κ1) is 9.73. The Bertz CT molecular complexity index is 601. The lowest BCUT2D eigenvalue weighted by Gasteiger charge is -2.09. The second kappa shape index (κ2) is 3.25. The van der Waals surface area contributed by atoms with Crippen LogP contribution in [-0.4, -0.2) is 15.9 Å². The molecule has 1 aromatic heterocycles. The highest BCUT2D eigenvalue weighted by Gasteiger charge is 2.24. The molecule has 1 aliphatic carbocycles. The number of aromatic nitrogens is 1. The first-order valence-corrected chi connectivity index (χ1v) is 5.61. The summed E-state index contributed by atoms with van der Waals surface area (Å²) in [7, 11) is 0. The Morgan fingerprint density at radius 1 is 1.31 bits per heavy atom. The number of ketones is 1. The smallest absolute Gasteiger partial charge is 0.179 e. The normalized spacial score (nSPS) is 15.4. The lowest BCUT2D eigenvalue weighted by molar-refractivity contribution is 0.0968. The van der Waals surface area contributed by atoms with Gasteiger partial charge in [-0.15, -0.1) is 0 Å². The molecule has 3 rings (SSSR count). The van der Waals surface area contributed by atoms with Crippen molar-refractivity contribution in [3.63, 3.8) is 0 Å². The SMILES string of the molecule is O=C1CCCc2c1[nH]c1c(Cl)ccc(O)c21. The Balaban J connectivity index is 2.45. The van der Waals surface area contributed by atoms with Crippen molar-refractivity contribution in [2.45, 2.75) is 19.3 Å². The average Bonchev–Trinajstić information content (AvgIpc) is 2.66. The molecule has 0 saturated carbocycles. The topological polar surface area (TPSA) is 53.1 Å². The maximum absolute atomic E-state index is 11.7. The van der Waals surface area contributed by atoms with Crippen LogP contribution in [0.15, 0.2) is 12.1 Å². The number of halogens is 1. The van der Waals surface area contributed by atoms with E-state index in [0.717, 1.165) is 18.4 Å². The standard InChI is InChI=1S/C12H10ClNO2/c13-7-4-5-8(15)10-6-2-1-3-9(16)11(6)14-12(7)10/h4-5,14-15H,1-3H2. The molecule has 1 heterocycles. The van der Waals surface area contributed by atoms with Gasteiger partial charge in [0.25, 0.3) is 0 Å². The summed E-state index contributed by atoms with van der Waals surface area (Å²) in [6.45, 7) is 0. The minimum absolute atomic E-state index is 0.105. The third-order valence-electron chi connectivity index (χ3n) is 3.10. The van der Waals surface area contributed by atoms with Crippen LogP contribution < -0.4 is 0 Å². The van der Waals surface area contributed by atoms with Crippen molar-refractivity contribution in [2.75, 3.05) is 0 Å². The van der Waals surface area contributed by atoms with E-state index in [1.165, 1.54) is 0 Å². The van der Waals surface area contributed by atoms with Crippen LogP contribution in [0.3, 0.4) is 0 Å². The van der Waals surface area contributed by atoms with Crippen LogP contribution in [0.2, 0.25) is 5.02 Å². The minimum atomic E-state index is 0.105. The average molecular weight is 236 g/mol. The monoisotopic (exact) mass is 235 g/mol. The second-order valence-electron chi connectivity index (χ2n) is 4.07. The highest BCUT2D eigenvalue weighted by atomic mass is 35.5. The number of aryl methyl sites for hydroxylation is 1. The summed E-state index contributed by atoms with van der Waals surface area (Å²) >= 11 is 6.04. The van der Waals surface area contributed by atoms with E-state index >= 15 is 0 Å². The molecule has 0 bridgehead atoms. The predicted molar refractivity (Wildman–Crippen MR) is 62.2 cm³/mol. The molecule has 3 nitrogen and oxygen atoms in total. The Labute approximate surface area is 97.0 Å². The van der Waals surface area contributed by atoms with Crippen LogP contribution in [0.4, 0.5) is 0 Å². The molecule has 0 unspecified atom stereocenters. The van der Waals surface area contributed by atoms with E-state index < -0.39 is 0 Å². The number of H-pyrrole nitrogens is 1. The minimum Gasteiger partial charge on any atom is -0.507 e. The molecule has 0 aliphatic heterocycles. The number of benzene rings is 1. The van der Waals surface area contributed by atoms with Crippen LogP contribution in [0.1, 0.15) is 28.9 Å². The number of hydrogen-bond donors (Lipinski definition) is 2. The van der Waals surface area contributed by atoms with Gasteiger partial charge in [0.15, 0.2) is 5.78 Å². The van der Waals surface area contributed by atoms with Gasteiger partial charge in [-0.25, -0.2) is 0 Å². The number of Topliss-reactive ketones (excluding diaryl/α,β-unsaturated/α-hetero) is 1. The molecule has 0 radical (unpaired) electrons. The Kier molecular flexibility index (Phi) is 1.98. The first-order valence-electron chi connectivity index (χ1n) is 5.23. The van der Waals surface area contributed by atoms with E-state index in [4.69, 9.17) is 11.6 Å². The number of carbonyl (C=O) groups excluding carboxylic acids is 1. The molecular formula is C12H10ClNO2. The van der Waals surface area contributed by atoms with Gasteiger partial charge < -0.3 is 10.1 Å². The highest BCUT2D eigenvalue weighted by molar-refractivity contribution is 6.35. The molecule has 0 amide bonds. The molecule has 0 spiro atoms. The van der Waals surface area contributed by atoms with Gasteiger partial charge in [0, 0.05) is 11.8 Å². The number of phenols is 1. The van der Waals surface area contributed by atoms with Crippen molar-refractivity contribution in [2.24, 2.45) is 0 Å². The Hall–Kier alpha value is -1.48. The number of hydrogen-bond acceptors (Lipinski definition) is 2. The largest absolute Gasteiger partial charge is 0.507 e. The third kappa shape index (κ3) is 1.18. The molecule has 0 atom stereocenters. The van der Waals surface area contributed by atoms with Crippen LogP contribution in [-0.2, 0) is 6.42 Å². The molecule has 2 N–H and O–H groups in total. The van der Waals surface area contributed by atoms with Gasteiger partial charge in [0.1, 0.15) is 5.75 Å². The summed E-state index contributed by atoms with van der Waals surface area (Å²) < 4.78 is 0. The summed E-state index contributed by atoms with van der Waals surface area (Å²) in [6, 6.07) is 3.20. The van der Waals surface area contributed by atoms with Gasteiger partial charge in [0.2, 0.25) is 0 Å². The number of aromatic amines is 1. The van der Waals surface area contributed by atoms with Crippen molar-refractivity contribution >= 4 is 28.3 Å². The van der Waals surface area contributed by atoms with E-state index in [1.807, 2.05) is 0 Å². The van der Waals surface area contributed by atoms with Crippen LogP contribution >= 0.6 is 11.6 Å². The van der Waals surface area contributed by atoms with Gasteiger partial charge in [-0.3, -0.25) is 4.79 Å². The van der Waals surface area contributed by atoms with Crippen molar-refractivity contribution in [3.8, 4) is 5.75 Å². The quantitative estimate of drug-likeness (QED) is 0.737. The molecule has 0 fully saturated rings. The second-order valence-corrected chi connectivity index (χ2v) is 4.48. The predicted octanol–water partition coefficient (Wildman–Crippen LogP) is 3.05. The Morgan fingerprint density at radius 2 is 2.12 bits per heavy atom. The molecule has 82 valence electrons. The van der Waals surface area contributed by atoms with Crippen molar-refractivity contribution in [1.82, 2.24) is 4.98 Å². The maximum atomic E-state index is 11.7. The van der Waals surface area contributed by atoms with Crippen LogP contribution in [0, 0.1) is 0 Å². The van der Waals surface area contributed by atoms with E-state index in [2.05, 4.69) is 4.98 Å². The molecule has 1 aromatic carbocycles. The van der Waals surface area contributed by atoms with E-state index in [9.17, 15) is 9.90 Å². The summed E-state index contributed by atoms with van der Waals surface area (Å²) in [4.78, 5) is 14.8. The number of carbonyl (C=O) groups is 1. The highest BCUT2D eigenvalue weighted by Crippen LogP contribution is 2.37. The summed E-state index contributed by atoms with van der Waals surface area (Å²) in [5.41, 5.74) is 2.19. The Morgan fingerprint density at radius 3 is 2.94 bits per heavy atom. The molecule has 0 saturated heterocycles. The van der Waals surface area contributed by atoms with E-state index in [1.54, 1.807) is 12.1 Å². The number of fused-ring (bicyclic) bond motifs is 3. The molecule has 16 heavy (non-hydrogen) atoms. The van der Waals surface area contributed by atoms with E-state index in [0.29, 0.717) is 28.0 Å². The lowest BCUT2D eigenvalue weighted by Crippen LogP contribution is -2.09. The maximum Gasteiger partial charge on any atom is 0.179 e. The van der Waals surface area contributed by atoms with Crippen molar-refractivity contribution < 1.29 is 9.90 Å². The zero-order valence-corrected chi connectivity index (χ0v) is 9.27. The van der Waals surface area contributed by atoms with Crippen molar-refractivity contribution in [3.05, 3.63) is 28.4 Å². The number of phenolic OH excluding ortho intramolecular Hbond substituents is 1. The van der Waals surface area contributed by atoms with Gasteiger partial charge in [-0.2, -0.15) is 0 Å². The number of aromatic hydroxyl groups is 1. The van der Waals surface area contributed by atoms with Gasteiger partial charge >= 0.3 is 0 Å². The number of rotatable bonds is 0. The van der Waals surface area contributed by atoms with Crippen LogP contribution in [0.5, 0.6) is 5.75 Å². The lowest BCUT2D eigenvalue weighted by atomic mass is 9.94. The van der Waals surface area contributed by atoms with Crippen molar-refractivity contribution in [1.29, 1.82) is 0 Å². The van der Waals surface area contributed by atoms with E-state index in [-0.39, 0.29) is 11.5 Å². The fourth-order valence-corrected chi connectivity index (χ4v) is 2.56. The van der Waals surface area contributed by atoms with Gasteiger partial charge in [-0.05, 0) is 30.5 Å². The van der Waals surface area contributed by atoms with Crippen LogP contribution in [0.25, 0.3) is 10.9 Å². The molecule has 4 heteroatoms. The third-order valence-corrected chi connectivity index (χ3v) is 3.41. The number of nitrogens with one attached hydrogen (secondary N) is 1. The fourth-order valence-electron chi connectivity index (χ4n) is 2.36. The van der Waals surface area contributed by atoms with Gasteiger partial charge in [0.05, 0.1) is 16.2 Å². The first-order chi connectivity index (χ1) is 7.68. The summed E-state index contributed by atoms with van der Waals surface area (Å²) in [5.74, 6) is 0.291. The fraction of sp³-hybridized carbons (Fsp3) is 0.250. The zero-order chi connectivity index (χ0) is 11.3.